The molecular weight excluding hydrogens is 216 g/mol. The van der Waals surface area contributed by atoms with Crippen LogP contribution in [0.3, 0.4) is 0 Å². The van der Waals surface area contributed by atoms with Crippen molar-refractivity contribution in [2.45, 2.75) is 57.7 Å². The first-order valence-corrected chi connectivity index (χ1v) is 5.12. The smallest absolute Gasteiger partial charge is 0.407 e. The minimum Gasteiger partial charge on any atom is -0.444 e. The molecule has 3 N–H and O–H groups in total. The summed E-state index contributed by atoms with van der Waals surface area (Å²) in [4.78, 5) is 11.3. The van der Waals surface area contributed by atoms with Crippen LogP contribution >= 0.6 is 12.4 Å². The van der Waals surface area contributed by atoms with E-state index in [1.807, 2.05) is 20.8 Å². The Labute approximate surface area is 97.3 Å². The summed E-state index contributed by atoms with van der Waals surface area (Å²) < 4.78 is 5.14. The highest BCUT2D eigenvalue weighted by atomic mass is 35.5. The number of hydrogen-bond donors (Lipinski definition) is 2. The van der Waals surface area contributed by atoms with Gasteiger partial charge in [0.15, 0.2) is 0 Å². The number of halogens is 1. The quantitative estimate of drug-likeness (QED) is 0.730. The second-order valence-corrected chi connectivity index (χ2v) is 4.92. The molecule has 4 nitrogen and oxygen atoms in total. The lowest BCUT2D eigenvalue weighted by atomic mass is 10.2. The molecule has 5 heteroatoms. The van der Waals surface area contributed by atoms with Crippen molar-refractivity contribution in [3.05, 3.63) is 0 Å². The monoisotopic (exact) mass is 236 g/mol. The van der Waals surface area contributed by atoms with Crippen molar-refractivity contribution in [2.24, 2.45) is 5.73 Å². The van der Waals surface area contributed by atoms with Crippen LogP contribution in [0.1, 0.15) is 40.0 Å². The highest BCUT2D eigenvalue weighted by molar-refractivity contribution is 5.85. The zero-order valence-electron chi connectivity index (χ0n) is 9.58. The fourth-order valence-electron chi connectivity index (χ4n) is 1.62. The van der Waals surface area contributed by atoms with Crippen molar-refractivity contribution >= 4 is 18.5 Å². The van der Waals surface area contributed by atoms with Crippen LogP contribution in [0.5, 0.6) is 0 Å². The van der Waals surface area contributed by atoms with Crippen LogP contribution in [0.25, 0.3) is 0 Å². The zero-order chi connectivity index (χ0) is 10.8. The number of nitrogens with two attached hydrogens (primary N) is 1. The Balaban J connectivity index is 0.00000196. The Bertz CT molecular complexity index is 216. The second kappa shape index (κ2) is 5.56. The van der Waals surface area contributed by atoms with Crippen molar-refractivity contribution in [1.29, 1.82) is 0 Å². The number of ether oxygens (including phenoxy) is 1. The highest BCUT2D eigenvalue weighted by Crippen LogP contribution is 2.17. The lowest BCUT2D eigenvalue weighted by Gasteiger charge is -2.21. The van der Waals surface area contributed by atoms with Gasteiger partial charge in [-0.15, -0.1) is 12.4 Å². The molecule has 0 radical (unpaired) electrons. The van der Waals surface area contributed by atoms with Crippen LogP contribution in [-0.2, 0) is 4.74 Å². The molecule has 1 aliphatic rings. The number of hydrogen-bond acceptors (Lipinski definition) is 3. The predicted octanol–water partition coefficient (Wildman–Crippen LogP) is 1.81. The Kier molecular flexibility index (Phi) is 5.38. The highest BCUT2D eigenvalue weighted by Gasteiger charge is 2.25. The first-order chi connectivity index (χ1) is 6.37. The van der Waals surface area contributed by atoms with Gasteiger partial charge >= 0.3 is 6.09 Å². The average Bonchev–Trinajstić information content (AvgIpc) is 2.30. The fourth-order valence-corrected chi connectivity index (χ4v) is 1.62. The van der Waals surface area contributed by atoms with Gasteiger partial charge in [-0.05, 0) is 40.0 Å². The number of carbonyl (C=O) groups excluding carboxylic acids is 1. The standard InChI is InChI=1S/C10H20N2O2.ClH/c1-10(2,3)14-9(13)12-8-5-4-7(11)6-8;/h7-8H,4-6,11H2,1-3H3,(H,12,13);1H/t7-,8-;/m0./s1. The van der Waals surface area contributed by atoms with Crippen LogP contribution in [-0.4, -0.2) is 23.8 Å². The molecule has 1 amide bonds. The third kappa shape index (κ3) is 5.85. The van der Waals surface area contributed by atoms with E-state index in [1.54, 1.807) is 0 Å². The fraction of sp³-hybridized carbons (Fsp3) is 0.900. The summed E-state index contributed by atoms with van der Waals surface area (Å²) in [6.07, 6.45) is 2.47. The Hall–Kier alpha value is -0.480. The summed E-state index contributed by atoms with van der Waals surface area (Å²) in [7, 11) is 0. The Morgan fingerprint density at radius 3 is 2.40 bits per heavy atom. The lowest BCUT2D eigenvalue weighted by Crippen LogP contribution is -2.38. The first kappa shape index (κ1) is 14.5. The number of alkyl carbamates (subject to hydrolysis) is 1. The summed E-state index contributed by atoms with van der Waals surface area (Å²) in [5.74, 6) is 0. The Morgan fingerprint density at radius 2 is 2.00 bits per heavy atom. The minimum absolute atomic E-state index is 0. The molecule has 0 spiro atoms. The largest absolute Gasteiger partial charge is 0.444 e. The predicted molar refractivity (Wildman–Crippen MR) is 62.2 cm³/mol. The van der Waals surface area contributed by atoms with Gasteiger partial charge in [-0.3, -0.25) is 0 Å². The molecule has 15 heavy (non-hydrogen) atoms. The van der Waals surface area contributed by atoms with Gasteiger partial charge in [0.2, 0.25) is 0 Å². The van der Waals surface area contributed by atoms with Gasteiger partial charge in [-0.2, -0.15) is 0 Å². The van der Waals surface area contributed by atoms with E-state index in [0.29, 0.717) is 0 Å². The van der Waals surface area contributed by atoms with Crippen LogP contribution in [0.15, 0.2) is 0 Å². The molecule has 1 rings (SSSR count). The second-order valence-electron chi connectivity index (χ2n) is 4.92. The van der Waals surface area contributed by atoms with Gasteiger partial charge in [0.25, 0.3) is 0 Å². The molecule has 1 aliphatic carbocycles. The molecule has 0 aromatic heterocycles. The van der Waals surface area contributed by atoms with Gasteiger partial charge in [-0.25, -0.2) is 4.79 Å². The topological polar surface area (TPSA) is 64.3 Å². The van der Waals surface area contributed by atoms with E-state index in [4.69, 9.17) is 10.5 Å². The SMILES string of the molecule is CC(C)(C)OC(=O)N[C@H]1CC[C@H](N)C1.Cl. The normalized spacial score (nSPS) is 25.6. The maximum atomic E-state index is 11.3. The van der Waals surface area contributed by atoms with E-state index in [-0.39, 0.29) is 30.6 Å². The summed E-state index contributed by atoms with van der Waals surface area (Å²) in [6.45, 7) is 5.56. The number of nitrogens with one attached hydrogen (secondary N) is 1. The van der Waals surface area contributed by atoms with Gasteiger partial charge in [0.05, 0.1) is 0 Å². The summed E-state index contributed by atoms with van der Waals surface area (Å²) >= 11 is 0. The van der Waals surface area contributed by atoms with Crippen LogP contribution in [0, 0.1) is 0 Å². The Morgan fingerprint density at radius 1 is 1.40 bits per heavy atom. The van der Waals surface area contributed by atoms with Crippen LogP contribution < -0.4 is 11.1 Å². The number of rotatable bonds is 1. The number of carbonyl (C=O) groups is 1. The van der Waals surface area contributed by atoms with Gasteiger partial charge in [0, 0.05) is 12.1 Å². The molecule has 90 valence electrons. The molecule has 0 unspecified atom stereocenters. The zero-order valence-corrected chi connectivity index (χ0v) is 10.4. The van der Waals surface area contributed by atoms with Gasteiger partial charge < -0.3 is 15.8 Å². The molecule has 0 heterocycles. The van der Waals surface area contributed by atoms with E-state index in [2.05, 4.69) is 5.32 Å². The van der Waals surface area contributed by atoms with Gasteiger partial charge in [-0.1, -0.05) is 0 Å². The van der Waals surface area contributed by atoms with E-state index >= 15 is 0 Å². The molecule has 0 aliphatic heterocycles. The van der Waals surface area contributed by atoms with Crippen LogP contribution in [0.2, 0.25) is 0 Å². The summed E-state index contributed by atoms with van der Waals surface area (Å²) in [5.41, 5.74) is 5.31. The van der Waals surface area contributed by atoms with Crippen molar-refractivity contribution in [1.82, 2.24) is 5.32 Å². The summed E-state index contributed by atoms with van der Waals surface area (Å²) in [6, 6.07) is 0.426. The van der Waals surface area contributed by atoms with Crippen LogP contribution in [0.4, 0.5) is 4.79 Å². The van der Waals surface area contributed by atoms with Gasteiger partial charge in [0.1, 0.15) is 5.60 Å². The van der Waals surface area contributed by atoms with E-state index < -0.39 is 5.60 Å². The van der Waals surface area contributed by atoms with E-state index in [1.165, 1.54) is 0 Å². The molecular formula is C10H21ClN2O2. The number of amides is 1. The van der Waals surface area contributed by atoms with Crippen molar-refractivity contribution < 1.29 is 9.53 Å². The molecule has 1 fully saturated rings. The van der Waals surface area contributed by atoms with Crippen molar-refractivity contribution in [2.75, 3.05) is 0 Å². The molecule has 0 aromatic rings. The molecule has 1 saturated carbocycles. The van der Waals surface area contributed by atoms with Crippen molar-refractivity contribution in [3.63, 3.8) is 0 Å². The van der Waals surface area contributed by atoms with Crippen molar-refractivity contribution in [3.8, 4) is 0 Å². The van der Waals surface area contributed by atoms with E-state index in [9.17, 15) is 4.79 Å². The molecule has 0 saturated heterocycles. The average molecular weight is 237 g/mol. The molecule has 2 atom stereocenters. The lowest BCUT2D eigenvalue weighted by molar-refractivity contribution is 0.0505. The maximum Gasteiger partial charge on any atom is 0.407 e. The maximum absolute atomic E-state index is 11.3. The first-order valence-electron chi connectivity index (χ1n) is 5.12. The third-order valence-corrected chi connectivity index (χ3v) is 2.19. The third-order valence-electron chi connectivity index (χ3n) is 2.19. The summed E-state index contributed by atoms with van der Waals surface area (Å²) in [5, 5.41) is 2.82. The van der Waals surface area contributed by atoms with E-state index in [0.717, 1.165) is 19.3 Å². The molecule has 0 bridgehead atoms. The minimum atomic E-state index is -0.426. The molecule has 0 aromatic carbocycles.